The molecule has 1 aromatic rings. The third kappa shape index (κ3) is 7.58. The second-order valence-electron chi connectivity index (χ2n) is 9.56. The largest absolute Gasteiger partial charge is 0.469 e. The van der Waals surface area contributed by atoms with Crippen LogP contribution in [0.3, 0.4) is 0 Å². The molecule has 0 bridgehead atoms. The molecule has 0 N–H and O–H groups in total. The van der Waals surface area contributed by atoms with E-state index in [2.05, 4.69) is 6.92 Å². The van der Waals surface area contributed by atoms with Crippen molar-refractivity contribution in [3.63, 3.8) is 0 Å². The molecule has 2 aliphatic rings. The molecular weight excluding hydrogens is 420 g/mol. The van der Waals surface area contributed by atoms with Crippen molar-refractivity contribution in [1.29, 1.82) is 0 Å². The summed E-state index contributed by atoms with van der Waals surface area (Å²) in [6.07, 6.45) is 11.6. The van der Waals surface area contributed by atoms with Gasteiger partial charge in [0.2, 0.25) is 0 Å². The standard InChI is InChI=1S/C27H38O6/c1-3-4-5-6-19-7-9-21(10-8-19)26(29)32-24-17-13-22(14-18-24)27(30)33-23-15-11-20(12-16-23)25(28)31-2/h13-14,17-21,23H,3-12,15-16H2,1-2H3/t19-,20?,21-,23?. The van der Waals surface area contributed by atoms with Crippen molar-refractivity contribution >= 4 is 17.9 Å². The van der Waals surface area contributed by atoms with Crippen molar-refractivity contribution in [1.82, 2.24) is 0 Å². The highest BCUT2D eigenvalue weighted by Crippen LogP contribution is 2.33. The molecule has 2 saturated carbocycles. The summed E-state index contributed by atoms with van der Waals surface area (Å²) >= 11 is 0. The highest BCUT2D eigenvalue weighted by atomic mass is 16.5. The van der Waals surface area contributed by atoms with E-state index in [0.29, 0.717) is 37.0 Å². The van der Waals surface area contributed by atoms with Crippen LogP contribution in [0.2, 0.25) is 0 Å². The van der Waals surface area contributed by atoms with E-state index in [-0.39, 0.29) is 29.9 Å². The average Bonchev–Trinajstić information content (AvgIpc) is 2.85. The van der Waals surface area contributed by atoms with Crippen LogP contribution >= 0.6 is 0 Å². The lowest BCUT2D eigenvalue weighted by Crippen LogP contribution is -2.28. The molecule has 2 fully saturated rings. The maximum atomic E-state index is 12.6. The van der Waals surface area contributed by atoms with E-state index in [4.69, 9.17) is 14.2 Å². The van der Waals surface area contributed by atoms with Crippen molar-refractivity contribution in [3.05, 3.63) is 29.8 Å². The zero-order valence-electron chi connectivity index (χ0n) is 20.1. The number of carbonyl (C=O) groups excluding carboxylic acids is 3. The number of unbranched alkanes of at least 4 members (excludes halogenated alkanes) is 2. The summed E-state index contributed by atoms with van der Waals surface area (Å²) in [6, 6.07) is 6.57. The SMILES string of the molecule is CCCCC[C@H]1CC[C@H](C(=O)Oc2ccc(C(=O)OC3CCC(C(=O)OC)CC3)cc2)CC1. The van der Waals surface area contributed by atoms with Crippen molar-refractivity contribution < 1.29 is 28.6 Å². The predicted octanol–water partition coefficient (Wildman–Crippen LogP) is 5.87. The summed E-state index contributed by atoms with van der Waals surface area (Å²) in [5.74, 6) is 0.328. The lowest BCUT2D eigenvalue weighted by atomic mass is 9.80. The fraction of sp³-hybridized carbons (Fsp3) is 0.667. The minimum Gasteiger partial charge on any atom is -0.469 e. The van der Waals surface area contributed by atoms with Gasteiger partial charge in [-0.15, -0.1) is 0 Å². The summed E-state index contributed by atoms with van der Waals surface area (Å²) in [4.78, 5) is 36.7. The Morgan fingerprint density at radius 3 is 2.03 bits per heavy atom. The number of esters is 3. The average molecular weight is 459 g/mol. The number of hydrogen-bond donors (Lipinski definition) is 0. The van der Waals surface area contributed by atoms with Crippen molar-refractivity contribution in [3.8, 4) is 5.75 Å². The smallest absolute Gasteiger partial charge is 0.338 e. The summed E-state index contributed by atoms with van der Waals surface area (Å²) < 4.78 is 16.0. The maximum Gasteiger partial charge on any atom is 0.338 e. The van der Waals surface area contributed by atoms with Gasteiger partial charge in [-0.1, -0.05) is 32.6 Å². The molecule has 33 heavy (non-hydrogen) atoms. The van der Waals surface area contributed by atoms with Gasteiger partial charge in [0, 0.05) is 0 Å². The van der Waals surface area contributed by atoms with Crippen LogP contribution in [-0.2, 0) is 19.1 Å². The second kappa shape index (κ2) is 12.8. The molecule has 0 saturated heterocycles. The van der Waals surface area contributed by atoms with E-state index in [1.807, 2.05) is 0 Å². The summed E-state index contributed by atoms with van der Waals surface area (Å²) in [7, 11) is 1.40. The molecule has 0 aliphatic heterocycles. The fourth-order valence-corrected chi connectivity index (χ4v) is 5.03. The van der Waals surface area contributed by atoms with E-state index >= 15 is 0 Å². The minimum atomic E-state index is -0.393. The van der Waals surface area contributed by atoms with E-state index in [1.54, 1.807) is 24.3 Å². The van der Waals surface area contributed by atoms with Crippen LogP contribution in [0.15, 0.2) is 24.3 Å². The predicted molar refractivity (Wildman–Crippen MR) is 125 cm³/mol. The molecule has 1 aromatic carbocycles. The summed E-state index contributed by atoms with van der Waals surface area (Å²) in [5.41, 5.74) is 0.428. The Morgan fingerprint density at radius 2 is 1.42 bits per heavy atom. The Bertz CT molecular complexity index is 770. The van der Waals surface area contributed by atoms with Crippen molar-refractivity contribution in [2.75, 3.05) is 7.11 Å². The normalized spacial score (nSPS) is 25.2. The van der Waals surface area contributed by atoms with Crippen LogP contribution in [0.5, 0.6) is 5.75 Å². The molecule has 0 amide bonds. The third-order valence-electron chi connectivity index (χ3n) is 7.19. The van der Waals surface area contributed by atoms with Gasteiger partial charge in [0.25, 0.3) is 0 Å². The summed E-state index contributed by atoms with van der Waals surface area (Å²) in [6.45, 7) is 2.22. The first-order valence-electron chi connectivity index (χ1n) is 12.6. The van der Waals surface area contributed by atoms with Gasteiger partial charge in [-0.2, -0.15) is 0 Å². The van der Waals surface area contributed by atoms with Gasteiger partial charge in [0.15, 0.2) is 0 Å². The van der Waals surface area contributed by atoms with E-state index in [0.717, 1.165) is 31.6 Å². The van der Waals surface area contributed by atoms with Crippen LogP contribution < -0.4 is 4.74 Å². The zero-order chi connectivity index (χ0) is 23.6. The molecule has 6 nitrogen and oxygen atoms in total. The first-order chi connectivity index (χ1) is 16.0. The van der Waals surface area contributed by atoms with Crippen LogP contribution in [0.4, 0.5) is 0 Å². The van der Waals surface area contributed by atoms with E-state index in [1.165, 1.54) is 32.8 Å². The number of methoxy groups -OCH3 is 1. The first kappa shape index (κ1) is 25.3. The zero-order valence-corrected chi connectivity index (χ0v) is 20.1. The van der Waals surface area contributed by atoms with Gasteiger partial charge in [0.1, 0.15) is 11.9 Å². The Kier molecular flexibility index (Phi) is 9.76. The quantitative estimate of drug-likeness (QED) is 0.262. The topological polar surface area (TPSA) is 78.9 Å². The molecule has 0 aromatic heterocycles. The lowest BCUT2D eigenvalue weighted by molar-refractivity contribution is -0.147. The van der Waals surface area contributed by atoms with E-state index in [9.17, 15) is 14.4 Å². The highest BCUT2D eigenvalue weighted by molar-refractivity contribution is 5.89. The number of ether oxygens (including phenoxy) is 3. The molecular formula is C27H38O6. The third-order valence-corrected chi connectivity index (χ3v) is 7.19. The molecule has 0 radical (unpaired) electrons. The molecule has 0 heterocycles. The molecule has 0 atom stereocenters. The monoisotopic (exact) mass is 458 g/mol. The Morgan fingerprint density at radius 1 is 0.818 bits per heavy atom. The van der Waals surface area contributed by atoms with Gasteiger partial charge >= 0.3 is 17.9 Å². The minimum absolute atomic E-state index is 0.0304. The summed E-state index contributed by atoms with van der Waals surface area (Å²) in [5, 5.41) is 0. The lowest BCUT2D eigenvalue weighted by Gasteiger charge is -2.27. The molecule has 2 aliphatic carbocycles. The number of carbonyl (C=O) groups is 3. The number of hydrogen-bond acceptors (Lipinski definition) is 6. The Balaban J connectivity index is 1.40. The van der Waals surface area contributed by atoms with Gasteiger partial charge in [-0.05, 0) is 81.5 Å². The molecule has 0 unspecified atom stereocenters. The van der Waals surface area contributed by atoms with E-state index < -0.39 is 5.97 Å². The number of benzene rings is 1. The molecule has 3 rings (SSSR count). The van der Waals surface area contributed by atoms with Crippen LogP contribution in [0.25, 0.3) is 0 Å². The van der Waals surface area contributed by atoms with Gasteiger partial charge in [0.05, 0.1) is 24.5 Å². The van der Waals surface area contributed by atoms with Crippen LogP contribution in [0, 0.1) is 17.8 Å². The fourth-order valence-electron chi connectivity index (χ4n) is 5.03. The van der Waals surface area contributed by atoms with Gasteiger partial charge < -0.3 is 14.2 Å². The maximum absolute atomic E-state index is 12.6. The van der Waals surface area contributed by atoms with Gasteiger partial charge in [-0.3, -0.25) is 9.59 Å². The van der Waals surface area contributed by atoms with Crippen molar-refractivity contribution in [2.45, 2.75) is 90.1 Å². The first-order valence-corrected chi connectivity index (χ1v) is 12.6. The highest BCUT2D eigenvalue weighted by Gasteiger charge is 2.29. The van der Waals surface area contributed by atoms with Gasteiger partial charge in [-0.25, -0.2) is 4.79 Å². The Hall–Kier alpha value is -2.37. The molecule has 182 valence electrons. The van der Waals surface area contributed by atoms with Crippen molar-refractivity contribution in [2.24, 2.45) is 17.8 Å². The molecule has 0 spiro atoms. The molecule has 6 heteroatoms. The number of rotatable bonds is 9. The van der Waals surface area contributed by atoms with Crippen LogP contribution in [-0.4, -0.2) is 31.1 Å². The Labute approximate surface area is 197 Å². The van der Waals surface area contributed by atoms with Crippen LogP contribution in [0.1, 0.15) is 94.3 Å². The second-order valence-corrected chi connectivity index (χ2v) is 9.56.